The molecule has 0 fully saturated rings. The van der Waals surface area contributed by atoms with Crippen LogP contribution >= 0.6 is 0 Å². The van der Waals surface area contributed by atoms with Crippen molar-refractivity contribution in [3.8, 4) is 11.8 Å². The zero-order chi connectivity index (χ0) is 20.9. The molecule has 146 valence electrons. The third-order valence-electron chi connectivity index (χ3n) is 4.30. The molecule has 2 aromatic carbocycles. The third kappa shape index (κ3) is 4.15. The number of amides is 1. The number of carbonyl (C=O) groups is 1. The van der Waals surface area contributed by atoms with Crippen molar-refractivity contribution in [1.29, 1.82) is 5.26 Å². The molecule has 30 heavy (non-hydrogen) atoms. The van der Waals surface area contributed by atoms with Gasteiger partial charge >= 0.3 is 0 Å². The monoisotopic (exact) mass is 396 g/mol. The number of benzene rings is 2. The second-order valence-electron chi connectivity index (χ2n) is 6.36. The van der Waals surface area contributed by atoms with Crippen molar-refractivity contribution >= 4 is 28.4 Å². The van der Waals surface area contributed by atoms with Gasteiger partial charge in [0.15, 0.2) is 0 Å². The van der Waals surface area contributed by atoms with Crippen molar-refractivity contribution in [2.75, 3.05) is 5.32 Å². The van der Waals surface area contributed by atoms with E-state index in [-0.39, 0.29) is 18.2 Å². The van der Waals surface area contributed by atoms with E-state index in [2.05, 4.69) is 26.3 Å². The molecule has 1 amide bonds. The summed E-state index contributed by atoms with van der Waals surface area (Å²) in [4.78, 5) is 24.0. The lowest BCUT2D eigenvalue weighted by Gasteiger charge is -2.11. The third-order valence-corrected chi connectivity index (χ3v) is 4.30. The summed E-state index contributed by atoms with van der Waals surface area (Å²) in [5, 5.41) is 13.4. The van der Waals surface area contributed by atoms with Gasteiger partial charge in [0.1, 0.15) is 24.1 Å². The Kier molecular flexibility index (Phi) is 5.17. The number of fused-ring (bicyclic) bond motifs is 1. The second-order valence-corrected chi connectivity index (χ2v) is 6.36. The Hall–Kier alpha value is -4.51. The van der Waals surface area contributed by atoms with Crippen LogP contribution in [0.5, 0.6) is 5.75 Å². The summed E-state index contributed by atoms with van der Waals surface area (Å²) in [5.74, 6) is -0.0474. The molecule has 0 aliphatic heterocycles. The van der Waals surface area contributed by atoms with Crippen molar-refractivity contribution in [3.05, 3.63) is 83.8 Å². The number of carbonyl (C=O) groups excluding carboxylic acids is 1. The number of primary amides is 1. The highest BCUT2D eigenvalue weighted by Gasteiger charge is 2.09. The molecule has 3 N–H and O–H groups in total. The van der Waals surface area contributed by atoms with Gasteiger partial charge in [0.25, 0.3) is 5.91 Å². The van der Waals surface area contributed by atoms with E-state index in [4.69, 9.17) is 10.5 Å². The number of nitrogens with one attached hydrogen (secondary N) is 1. The van der Waals surface area contributed by atoms with Crippen LogP contribution in [0.4, 0.5) is 11.6 Å². The fourth-order valence-electron chi connectivity index (χ4n) is 2.84. The van der Waals surface area contributed by atoms with Crippen LogP contribution in [0.3, 0.4) is 0 Å². The van der Waals surface area contributed by atoms with Gasteiger partial charge in [-0.1, -0.05) is 24.3 Å². The van der Waals surface area contributed by atoms with E-state index >= 15 is 0 Å². The van der Waals surface area contributed by atoms with Gasteiger partial charge in [-0.15, -0.1) is 0 Å². The molecule has 0 atom stereocenters. The number of hydrogen-bond acceptors (Lipinski definition) is 7. The lowest BCUT2D eigenvalue weighted by Crippen LogP contribution is -2.14. The van der Waals surface area contributed by atoms with E-state index in [0.29, 0.717) is 17.0 Å². The maximum absolute atomic E-state index is 11.3. The molecule has 0 saturated carbocycles. The van der Waals surface area contributed by atoms with E-state index in [0.717, 1.165) is 16.6 Å². The van der Waals surface area contributed by atoms with Crippen molar-refractivity contribution in [2.24, 2.45) is 5.73 Å². The maximum Gasteiger partial charge on any atom is 0.267 e. The quantitative estimate of drug-likeness (QED) is 0.512. The van der Waals surface area contributed by atoms with Crippen LogP contribution in [0, 0.1) is 11.3 Å². The summed E-state index contributed by atoms with van der Waals surface area (Å²) >= 11 is 0. The summed E-state index contributed by atoms with van der Waals surface area (Å²) in [5.41, 5.74) is 7.94. The minimum absolute atomic E-state index is 0.0972. The van der Waals surface area contributed by atoms with Gasteiger partial charge in [0, 0.05) is 23.3 Å². The smallest absolute Gasteiger partial charge is 0.267 e. The summed E-state index contributed by atoms with van der Waals surface area (Å²) < 4.78 is 5.86. The summed E-state index contributed by atoms with van der Waals surface area (Å²) in [7, 11) is 0. The van der Waals surface area contributed by atoms with E-state index in [1.165, 1.54) is 12.3 Å². The Morgan fingerprint density at radius 2 is 1.97 bits per heavy atom. The number of aromatic nitrogens is 3. The number of nitriles is 1. The molecule has 0 radical (unpaired) electrons. The number of pyridine rings is 1. The molecule has 0 bridgehead atoms. The molecule has 8 nitrogen and oxygen atoms in total. The van der Waals surface area contributed by atoms with Gasteiger partial charge in [-0.05, 0) is 30.3 Å². The molecule has 8 heteroatoms. The Bertz CT molecular complexity index is 1280. The zero-order valence-corrected chi connectivity index (χ0v) is 15.7. The summed E-state index contributed by atoms with van der Waals surface area (Å²) in [6, 6.07) is 20.2. The number of anilines is 2. The van der Waals surface area contributed by atoms with Crippen molar-refractivity contribution in [1.82, 2.24) is 15.0 Å². The molecule has 2 heterocycles. The van der Waals surface area contributed by atoms with Gasteiger partial charge < -0.3 is 15.8 Å². The molecule has 0 saturated heterocycles. The summed E-state index contributed by atoms with van der Waals surface area (Å²) in [6.45, 7) is 0.205. The minimum Gasteiger partial charge on any atom is -0.486 e. The Morgan fingerprint density at radius 3 is 2.80 bits per heavy atom. The van der Waals surface area contributed by atoms with E-state index in [1.54, 1.807) is 18.2 Å². The minimum atomic E-state index is -0.646. The SMILES string of the molecule is N#Cc1ccc(Nc2nccc(C(N)=O)n2)cc1OCc1ccc2ccccc2n1. The average Bonchev–Trinajstić information content (AvgIpc) is 2.78. The number of nitrogens with two attached hydrogens (primary N) is 1. The first kappa shape index (κ1) is 18.8. The summed E-state index contributed by atoms with van der Waals surface area (Å²) in [6.07, 6.45) is 1.43. The standard InChI is InChI=1S/C22H16N6O2/c23-12-15-6-7-16(27-22-25-10-9-19(28-22)21(24)29)11-20(15)30-13-17-8-5-14-3-1-2-4-18(14)26-17/h1-11H,13H2,(H2,24,29)(H,25,27,28). The fraction of sp³-hybridized carbons (Fsp3) is 0.0455. The van der Waals surface area contributed by atoms with Crippen molar-refractivity contribution in [2.45, 2.75) is 6.61 Å². The van der Waals surface area contributed by atoms with Gasteiger partial charge in [-0.2, -0.15) is 5.26 Å². The number of para-hydroxylation sites is 1. The predicted molar refractivity (Wildman–Crippen MR) is 111 cm³/mol. The van der Waals surface area contributed by atoms with Gasteiger partial charge in [-0.3, -0.25) is 4.79 Å². The predicted octanol–water partition coefficient (Wildman–Crippen LogP) is 3.32. The Balaban J connectivity index is 1.54. The first-order chi connectivity index (χ1) is 14.6. The first-order valence-electron chi connectivity index (χ1n) is 9.04. The van der Waals surface area contributed by atoms with Crippen LogP contribution in [-0.4, -0.2) is 20.9 Å². The van der Waals surface area contributed by atoms with E-state index < -0.39 is 5.91 Å². The zero-order valence-electron chi connectivity index (χ0n) is 15.7. The maximum atomic E-state index is 11.3. The van der Waals surface area contributed by atoms with Crippen molar-refractivity contribution in [3.63, 3.8) is 0 Å². The molecular weight excluding hydrogens is 380 g/mol. The topological polar surface area (TPSA) is 127 Å². The van der Waals surface area contributed by atoms with E-state index in [9.17, 15) is 10.1 Å². The van der Waals surface area contributed by atoms with Gasteiger partial charge in [0.2, 0.25) is 5.95 Å². The lowest BCUT2D eigenvalue weighted by atomic mass is 10.2. The highest BCUT2D eigenvalue weighted by atomic mass is 16.5. The van der Waals surface area contributed by atoms with Crippen molar-refractivity contribution < 1.29 is 9.53 Å². The van der Waals surface area contributed by atoms with Crippen LogP contribution in [0.1, 0.15) is 21.7 Å². The highest BCUT2D eigenvalue weighted by molar-refractivity contribution is 5.91. The molecule has 0 unspecified atom stereocenters. The first-order valence-corrected chi connectivity index (χ1v) is 9.04. The number of rotatable bonds is 6. The van der Waals surface area contributed by atoms with Crippen LogP contribution in [-0.2, 0) is 6.61 Å². The Labute approximate surface area is 172 Å². The van der Waals surface area contributed by atoms with Crippen LogP contribution < -0.4 is 15.8 Å². The number of ether oxygens (including phenoxy) is 1. The highest BCUT2D eigenvalue weighted by Crippen LogP contribution is 2.25. The average molecular weight is 396 g/mol. The van der Waals surface area contributed by atoms with Crippen LogP contribution in [0.15, 0.2) is 66.9 Å². The molecule has 4 aromatic rings. The molecule has 0 aliphatic rings. The largest absolute Gasteiger partial charge is 0.486 e. The fourth-order valence-corrected chi connectivity index (χ4v) is 2.84. The lowest BCUT2D eigenvalue weighted by molar-refractivity contribution is 0.0995. The molecule has 4 rings (SSSR count). The second kappa shape index (κ2) is 8.24. The molecule has 0 spiro atoms. The number of hydrogen-bond donors (Lipinski definition) is 2. The molecule has 2 aromatic heterocycles. The Morgan fingerprint density at radius 1 is 1.10 bits per heavy atom. The van der Waals surface area contributed by atoms with Crippen LogP contribution in [0.25, 0.3) is 10.9 Å². The molecule has 0 aliphatic carbocycles. The van der Waals surface area contributed by atoms with E-state index in [1.807, 2.05) is 36.4 Å². The van der Waals surface area contributed by atoms with Crippen LogP contribution in [0.2, 0.25) is 0 Å². The van der Waals surface area contributed by atoms with Gasteiger partial charge in [-0.25, -0.2) is 15.0 Å². The normalized spacial score (nSPS) is 10.4. The van der Waals surface area contributed by atoms with Gasteiger partial charge in [0.05, 0.1) is 16.8 Å². The molecular formula is C22H16N6O2. The number of nitrogens with zero attached hydrogens (tertiary/aromatic N) is 4.